The molecule has 1 amide bonds. The standard InChI is InChI=1S/C19H23N3O3/c1-19(11-14-4-5-15-16(10-14)25-13-24-15)6-3-8-22(12-19)18(23)17-20-7-9-21(17)2/h4-5,7,9-10H,3,6,8,11-13H2,1-2H3. The van der Waals surface area contributed by atoms with Gasteiger partial charge in [0.2, 0.25) is 6.79 Å². The van der Waals surface area contributed by atoms with Gasteiger partial charge in [-0.2, -0.15) is 0 Å². The zero-order chi connectivity index (χ0) is 17.4. The lowest BCUT2D eigenvalue weighted by Gasteiger charge is -2.40. The number of imidazole rings is 1. The highest BCUT2D eigenvalue weighted by Crippen LogP contribution is 2.37. The predicted molar refractivity (Wildman–Crippen MR) is 92.7 cm³/mol. The molecule has 0 saturated carbocycles. The molecule has 1 aromatic carbocycles. The van der Waals surface area contributed by atoms with E-state index >= 15 is 0 Å². The van der Waals surface area contributed by atoms with Crippen molar-refractivity contribution in [3.8, 4) is 11.5 Å². The van der Waals surface area contributed by atoms with E-state index in [9.17, 15) is 4.79 Å². The Labute approximate surface area is 147 Å². The van der Waals surface area contributed by atoms with E-state index < -0.39 is 0 Å². The van der Waals surface area contributed by atoms with Gasteiger partial charge in [-0.3, -0.25) is 4.79 Å². The Balaban J connectivity index is 1.49. The number of carbonyl (C=O) groups excluding carboxylic acids is 1. The Bertz CT molecular complexity index is 801. The summed E-state index contributed by atoms with van der Waals surface area (Å²) in [6.45, 7) is 4.09. The molecule has 2 aliphatic heterocycles. The topological polar surface area (TPSA) is 56.6 Å². The van der Waals surface area contributed by atoms with Crippen LogP contribution in [0.5, 0.6) is 11.5 Å². The minimum Gasteiger partial charge on any atom is -0.454 e. The zero-order valence-electron chi connectivity index (χ0n) is 14.7. The highest BCUT2D eigenvalue weighted by molar-refractivity contribution is 5.90. The van der Waals surface area contributed by atoms with Gasteiger partial charge in [0.15, 0.2) is 17.3 Å². The minimum absolute atomic E-state index is 0.0177. The molecule has 1 saturated heterocycles. The SMILES string of the molecule is Cn1ccnc1C(=O)N1CCCC(C)(Cc2ccc3c(c2)OCO3)C1. The summed E-state index contributed by atoms with van der Waals surface area (Å²) in [5.74, 6) is 2.15. The van der Waals surface area contributed by atoms with Gasteiger partial charge in [-0.1, -0.05) is 13.0 Å². The third kappa shape index (κ3) is 3.08. The van der Waals surface area contributed by atoms with Crippen molar-refractivity contribution in [3.63, 3.8) is 0 Å². The molecule has 0 spiro atoms. The number of carbonyl (C=O) groups is 1. The van der Waals surface area contributed by atoms with Crippen LogP contribution in [0.2, 0.25) is 0 Å². The van der Waals surface area contributed by atoms with Crippen LogP contribution in [0, 0.1) is 5.41 Å². The fraction of sp³-hybridized carbons (Fsp3) is 0.474. The van der Waals surface area contributed by atoms with Gasteiger partial charge in [-0.05, 0) is 42.4 Å². The summed E-state index contributed by atoms with van der Waals surface area (Å²) in [6, 6.07) is 6.13. The number of rotatable bonds is 3. The van der Waals surface area contributed by atoms with Crippen molar-refractivity contribution in [1.82, 2.24) is 14.5 Å². The normalized spacial score (nSPS) is 22.2. The molecule has 0 N–H and O–H groups in total. The number of nitrogens with zero attached hydrogens (tertiary/aromatic N) is 3. The van der Waals surface area contributed by atoms with Gasteiger partial charge in [0.05, 0.1) is 0 Å². The van der Waals surface area contributed by atoms with Crippen LogP contribution >= 0.6 is 0 Å². The summed E-state index contributed by atoms with van der Waals surface area (Å²) in [4.78, 5) is 18.9. The van der Waals surface area contributed by atoms with Crippen molar-refractivity contribution in [1.29, 1.82) is 0 Å². The van der Waals surface area contributed by atoms with Crippen LogP contribution in [0.4, 0.5) is 0 Å². The zero-order valence-corrected chi connectivity index (χ0v) is 14.7. The van der Waals surface area contributed by atoms with E-state index in [4.69, 9.17) is 9.47 Å². The lowest BCUT2D eigenvalue weighted by atomic mass is 9.77. The average molecular weight is 341 g/mol. The van der Waals surface area contributed by atoms with E-state index in [1.807, 2.05) is 24.2 Å². The molecule has 6 heteroatoms. The maximum atomic E-state index is 12.8. The molecule has 4 rings (SSSR count). The number of aromatic nitrogens is 2. The Morgan fingerprint density at radius 1 is 1.32 bits per heavy atom. The number of hydrogen-bond acceptors (Lipinski definition) is 4. The molecule has 1 aromatic heterocycles. The molecular weight excluding hydrogens is 318 g/mol. The van der Waals surface area contributed by atoms with Crippen molar-refractivity contribution in [2.24, 2.45) is 12.5 Å². The molecule has 0 bridgehead atoms. The molecule has 1 atom stereocenters. The fourth-order valence-corrected chi connectivity index (χ4v) is 3.89. The molecule has 1 unspecified atom stereocenters. The predicted octanol–water partition coefficient (Wildman–Crippen LogP) is 2.63. The minimum atomic E-state index is 0.0177. The summed E-state index contributed by atoms with van der Waals surface area (Å²) in [6.07, 6.45) is 6.50. The van der Waals surface area contributed by atoms with Crippen molar-refractivity contribution < 1.29 is 14.3 Å². The number of hydrogen-bond donors (Lipinski definition) is 0. The monoisotopic (exact) mass is 341 g/mol. The van der Waals surface area contributed by atoms with Crippen molar-refractivity contribution in [3.05, 3.63) is 42.0 Å². The van der Waals surface area contributed by atoms with Gasteiger partial charge in [-0.25, -0.2) is 4.98 Å². The molecule has 0 radical (unpaired) electrons. The maximum Gasteiger partial charge on any atom is 0.289 e. The number of amides is 1. The second-order valence-corrected chi connectivity index (χ2v) is 7.37. The van der Waals surface area contributed by atoms with Gasteiger partial charge >= 0.3 is 0 Å². The molecule has 0 aliphatic carbocycles. The largest absolute Gasteiger partial charge is 0.454 e. The molecule has 25 heavy (non-hydrogen) atoms. The molecule has 1 fully saturated rings. The van der Waals surface area contributed by atoms with E-state index in [0.717, 1.165) is 43.9 Å². The Kier molecular flexibility index (Phi) is 3.90. The third-order valence-corrected chi connectivity index (χ3v) is 5.15. The highest BCUT2D eigenvalue weighted by atomic mass is 16.7. The van der Waals surface area contributed by atoms with Crippen LogP contribution in [-0.4, -0.2) is 40.2 Å². The number of likely N-dealkylation sites (tertiary alicyclic amines) is 1. The van der Waals surface area contributed by atoms with Crippen LogP contribution in [0.1, 0.15) is 35.9 Å². The second-order valence-electron chi connectivity index (χ2n) is 7.37. The molecular formula is C19H23N3O3. The number of aryl methyl sites for hydroxylation is 1. The first kappa shape index (κ1) is 16.0. The van der Waals surface area contributed by atoms with E-state index in [0.29, 0.717) is 12.6 Å². The van der Waals surface area contributed by atoms with E-state index in [-0.39, 0.29) is 11.3 Å². The quantitative estimate of drug-likeness (QED) is 0.861. The Morgan fingerprint density at radius 3 is 2.96 bits per heavy atom. The van der Waals surface area contributed by atoms with Gasteiger partial charge in [0.25, 0.3) is 5.91 Å². The van der Waals surface area contributed by atoms with E-state index in [2.05, 4.69) is 24.0 Å². The molecule has 2 aromatic rings. The lowest BCUT2D eigenvalue weighted by molar-refractivity contribution is 0.0535. The smallest absolute Gasteiger partial charge is 0.289 e. The van der Waals surface area contributed by atoms with Crippen molar-refractivity contribution >= 4 is 5.91 Å². The molecule has 2 aliphatic rings. The van der Waals surface area contributed by atoms with Gasteiger partial charge in [0, 0.05) is 32.5 Å². The number of piperidine rings is 1. The first-order valence-corrected chi connectivity index (χ1v) is 8.69. The van der Waals surface area contributed by atoms with Crippen LogP contribution in [0.15, 0.2) is 30.6 Å². The molecule has 132 valence electrons. The third-order valence-electron chi connectivity index (χ3n) is 5.15. The fourth-order valence-electron chi connectivity index (χ4n) is 3.89. The average Bonchev–Trinajstić information content (AvgIpc) is 3.22. The first-order chi connectivity index (χ1) is 12.0. The maximum absolute atomic E-state index is 12.8. The van der Waals surface area contributed by atoms with Crippen LogP contribution < -0.4 is 9.47 Å². The summed E-state index contributed by atoms with van der Waals surface area (Å²) in [5, 5.41) is 0. The summed E-state index contributed by atoms with van der Waals surface area (Å²) in [7, 11) is 1.86. The number of benzene rings is 1. The van der Waals surface area contributed by atoms with Gasteiger partial charge in [0.1, 0.15) is 0 Å². The van der Waals surface area contributed by atoms with E-state index in [1.165, 1.54) is 5.56 Å². The molecule has 6 nitrogen and oxygen atoms in total. The van der Waals surface area contributed by atoms with Crippen LogP contribution in [0.25, 0.3) is 0 Å². The summed E-state index contributed by atoms with van der Waals surface area (Å²) < 4.78 is 12.7. The van der Waals surface area contributed by atoms with Gasteiger partial charge in [-0.15, -0.1) is 0 Å². The number of fused-ring (bicyclic) bond motifs is 1. The highest BCUT2D eigenvalue weighted by Gasteiger charge is 2.34. The van der Waals surface area contributed by atoms with Crippen LogP contribution in [0.3, 0.4) is 0 Å². The summed E-state index contributed by atoms with van der Waals surface area (Å²) >= 11 is 0. The van der Waals surface area contributed by atoms with Crippen molar-refractivity contribution in [2.45, 2.75) is 26.2 Å². The van der Waals surface area contributed by atoms with Gasteiger partial charge < -0.3 is 18.9 Å². The van der Waals surface area contributed by atoms with Crippen molar-refractivity contribution in [2.75, 3.05) is 19.9 Å². The number of ether oxygens (including phenoxy) is 2. The summed E-state index contributed by atoms with van der Waals surface area (Å²) in [5.41, 5.74) is 1.27. The second kappa shape index (κ2) is 6.10. The van der Waals surface area contributed by atoms with E-state index in [1.54, 1.807) is 10.8 Å². The molecule has 3 heterocycles. The lowest BCUT2D eigenvalue weighted by Crippen LogP contribution is -2.46. The first-order valence-electron chi connectivity index (χ1n) is 8.69. The van der Waals surface area contributed by atoms with Crippen LogP contribution in [-0.2, 0) is 13.5 Å². The Morgan fingerprint density at radius 2 is 2.16 bits per heavy atom. The Hall–Kier alpha value is -2.50.